The van der Waals surface area contributed by atoms with Crippen molar-refractivity contribution in [2.75, 3.05) is 20.6 Å². The van der Waals surface area contributed by atoms with Crippen LogP contribution < -0.4 is 4.84 Å². The van der Waals surface area contributed by atoms with Crippen molar-refractivity contribution in [2.24, 2.45) is 0 Å². The molecule has 4 heteroatoms. The summed E-state index contributed by atoms with van der Waals surface area (Å²) in [6.45, 7) is 4.88. The van der Waals surface area contributed by atoms with Gasteiger partial charge < -0.3 is 4.90 Å². The summed E-state index contributed by atoms with van der Waals surface area (Å²) < 4.78 is 0. The minimum Gasteiger partial charge on any atom is -0.309 e. The van der Waals surface area contributed by atoms with Gasteiger partial charge in [-0.1, -0.05) is 64.7 Å². The first-order chi connectivity index (χ1) is 9.54. The predicted molar refractivity (Wildman–Crippen MR) is 90.1 cm³/mol. The second-order valence-electron chi connectivity index (χ2n) is 5.64. The van der Waals surface area contributed by atoms with Crippen LogP contribution in [0.3, 0.4) is 0 Å². The molecule has 0 aromatic heterocycles. The SMILES string of the molecule is CC(=O)NCl.CCCCCCCCCCCCN(C)C. The summed E-state index contributed by atoms with van der Waals surface area (Å²) in [5.41, 5.74) is 0. The summed E-state index contributed by atoms with van der Waals surface area (Å²) in [5.74, 6) is -0.230. The summed E-state index contributed by atoms with van der Waals surface area (Å²) in [6, 6.07) is 0. The number of nitrogens with zero attached hydrogens (tertiary/aromatic N) is 1. The second kappa shape index (κ2) is 18.7. The molecule has 0 radical (unpaired) electrons. The maximum Gasteiger partial charge on any atom is 0.231 e. The molecule has 1 amide bonds. The lowest BCUT2D eigenvalue weighted by molar-refractivity contribution is -0.117. The van der Waals surface area contributed by atoms with Crippen LogP contribution in [0.2, 0.25) is 0 Å². The van der Waals surface area contributed by atoms with E-state index in [0.717, 1.165) is 0 Å². The molecule has 0 saturated heterocycles. The Bertz CT molecular complexity index is 199. The molecule has 0 rings (SSSR count). The molecule has 0 bridgehead atoms. The molecule has 0 unspecified atom stereocenters. The van der Waals surface area contributed by atoms with Gasteiger partial charge in [0, 0.05) is 18.7 Å². The van der Waals surface area contributed by atoms with Gasteiger partial charge in [-0.15, -0.1) is 0 Å². The summed E-state index contributed by atoms with van der Waals surface area (Å²) in [6.07, 6.45) is 14.4. The molecule has 1 N–H and O–H groups in total. The third-order valence-electron chi connectivity index (χ3n) is 3.09. The fourth-order valence-electron chi connectivity index (χ4n) is 1.92. The van der Waals surface area contributed by atoms with E-state index < -0.39 is 0 Å². The van der Waals surface area contributed by atoms with Crippen LogP contribution in [0.25, 0.3) is 0 Å². The van der Waals surface area contributed by atoms with Gasteiger partial charge >= 0.3 is 0 Å². The van der Waals surface area contributed by atoms with E-state index in [1.807, 2.05) is 4.84 Å². The van der Waals surface area contributed by atoms with E-state index in [0.29, 0.717) is 0 Å². The maximum absolute atomic E-state index is 9.57. The van der Waals surface area contributed by atoms with Crippen molar-refractivity contribution in [3.05, 3.63) is 0 Å². The van der Waals surface area contributed by atoms with Gasteiger partial charge in [0.15, 0.2) is 0 Å². The summed E-state index contributed by atoms with van der Waals surface area (Å²) >= 11 is 4.74. The van der Waals surface area contributed by atoms with Gasteiger partial charge in [0.05, 0.1) is 0 Å². The average Bonchev–Trinajstić information content (AvgIpc) is 2.41. The smallest absolute Gasteiger partial charge is 0.231 e. The number of unbranched alkanes of at least 4 members (excludes halogenated alkanes) is 9. The Balaban J connectivity index is 0. The zero-order chi connectivity index (χ0) is 15.6. The number of hydrogen-bond donors (Lipinski definition) is 1. The number of carbonyl (C=O) groups is 1. The molecule has 0 heterocycles. The first kappa shape index (κ1) is 22.0. The highest BCUT2D eigenvalue weighted by molar-refractivity contribution is 6.20. The highest BCUT2D eigenvalue weighted by atomic mass is 35.5. The van der Waals surface area contributed by atoms with Crippen molar-refractivity contribution in [1.82, 2.24) is 9.74 Å². The van der Waals surface area contributed by atoms with Gasteiger partial charge in [0.2, 0.25) is 5.91 Å². The van der Waals surface area contributed by atoms with E-state index in [1.165, 1.54) is 77.7 Å². The Hall–Kier alpha value is -0.280. The monoisotopic (exact) mass is 306 g/mol. The third-order valence-corrected chi connectivity index (χ3v) is 3.36. The lowest BCUT2D eigenvalue weighted by Gasteiger charge is -2.08. The normalized spacial score (nSPS) is 10.1. The molecule has 0 aromatic rings. The third kappa shape index (κ3) is 26.3. The van der Waals surface area contributed by atoms with Crippen LogP contribution in [-0.2, 0) is 4.79 Å². The quantitative estimate of drug-likeness (QED) is 0.441. The molecule has 0 aliphatic heterocycles. The van der Waals surface area contributed by atoms with E-state index in [2.05, 4.69) is 25.9 Å². The molecule has 0 aliphatic rings. The second-order valence-corrected chi connectivity index (χ2v) is 5.82. The molecule has 0 aliphatic carbocycles. The maximum atomic E-state index is 9.57. The minimum atomic E-state index is -0.230. The van der Waals surface area contributed by atoms with Crippen molar-refractivity contribution in [2.45, 2.75) is 78.1 Å². The van der Waals surface area contributed by atoms with Crippen LogP contribution in [0.1, 0.15) is 78.1 Å². The van der Waals surface area contributed by atoms with Crippen LogP contribution in [-0.4, -0.2) is 31.4 Å². The fraction of sp³-hybridized carbons (Fsp3) is 0.938. The molecule has 3 nitrogen and oxygen atoms in total. The fourth-order valence-corrected chi connectivity index (χ4v) is 1.92. The number of amides is 1. The van der Waals surface area contributed by atoms with Crippen molar-refractivity contribution in [3.63, 3.8) is 0 Å². The molecular weight excluding hydrogens is 272 g/mol. The lowest BCUT2D eigenvalue weighted by atomic mass is 10.1. The first-order valence-electron chi connectivity index (χ1n) is 8.06. The van der Waals surface area contributed by atoms with E-state index in [-0.39, 0.29) is 5.91 Å². The Morgan fingerprint density at radius 1 is 0.900 bits per heavy atom. The van der Waals surface area contributed by atoms with E-state index in [9.17, 15) is 4.79 Å². The number of rotatable bonds is 11. The van der Waals surface area contributed by atoms with Crippen LogP contribution in [0, 0.1) is 0 Å². The molecule has 0 saturated carbocycles. The van der Waals surface area contributed by atoms with Crippen LogP contribution in [0.4, 0.5) is 0 Å². The van der Waals surface area contributed by atoms with Crippen LogP contribution in [0.5, 0.6) is 0 Å². The van der Waals surface area contributed by atoms with Gasteiger partial charge in [-0.05, 0) is 27.1 Å². The van der Waals surface area contributed by atoms with Crippen molar-refractivity contribution in [1.29, 1.82) is 0 Å². The first-order valence-corrected chi connectivity index (χ1v) is 8.44. The standard InChI is InChI=1S/C14H31N.C2H4ClNO/c1-4-5-6-7-8-9-10-11-12-13-14-15(2)3;1-2(5)4-3/h4-14H2,1-3H3;1H3,(H,4,5). The molecule has 122 valence electrons. The van der Waals surface area contributed by atoms with Crippen LogP contribution in [0.15, 0.2) is 0 Å². The Morgan fingerprint density at radius 3 is 1.55 bits per heavy atom. The Kier molecular flexibility index (Phi) is 20.6. The number of carbonyl (C=O) groups excluding carboxylic acids is 1. The molecule has 0 aromatic carbocycles. The molecular formula is C16H35ClN2O. The van der Waals surface area contributed by atoms with Gasteiger partial charge in [-0.2, -0.15) is 0 Å². The predicted octanol–water partition coefficient (Wildman–Crippen LogP) is 4.75. The van der Waals surface area contributed by atoms with Crippen molar-refractivity contribution < 1.29 is 4.79 Å². The lowest BCUT2D eigenvalue weighted by Crippen LogP contribution is -2.12. The summed E-state index contributed by atoms with van der Waals surface area (Å²) in [7, 11) is 4.32. The minimum absolute atomic E-state index is 0.230. The van der Waals surface area contributed by atoms with Gasteiger partial charge in [-0.3, -0.25) is 9.63 Å². The highest BCUT2D eigenvalue weighted by Gasteiger charge is 1.93. The average molecular weight is 307 g/mol. The molecule has 20 heavy (non-hydrogen) atoms. The zero-order valence-corrected chi connectivity index (χ0v) is 14.8. The molecule has 0 spiro atoms. The number of nitrogens with one attached hydrogen (secondary N) is 1. The number of hydrogen-bond acceptors (Lipinski definition) is 2. The molecule has 0 fully saturated rings. The highest BCUT2D eigenvalue weighted by Crippen LogP contribution is 2.10. The van der Waals surface area contributed by atoms with Crippen LogP contribution >= 0.6 is 11.8 Å². The molecule has 0 atom stereocenters. The summed E-state index contributed by atoms with van der Waals surface area (Å²) in [4.78, 5) is 13.7. The largest absolute Gasteiger partial charge is 0.309 e. The van der Waals surface area contributed by atoms with Gasteiger partial charge in [-0.25, -0.2) is 0 Å². The van der Waals surface area contributed by atoms with E-state index >= 15 is 0 Å². The topological polar surface area (TPSA) is 32.3 Å². The van der Waals surface area contributed by atoms with Gasteiger partial charge in [0.1, 0.15) is 0 Å². The summed E-state index contributed by atoms with van der Waals surface area (Å²) in [5, 5.41) is 0. The van der Waals surface area contributed by atoms with Gasteiger partial charge in [0.25, 0.3) is 0 Å². The van der Waals surface area contributed by atoms with E-state index in [4.69, 9.17) is 11.8 Å². The Morgan fingerprint density at radius 2 is 1.25 bits per heavy atom. The van der Waals surface area contributed by atoms with Crippen molar-refractivity contribution in [3.8, 4) is 0 Å². The zero-order valence-electron chi connectivity index (χ0n) is 14.0. The number of halogens is 1. The van der Waals surface area contributed by atoms with Crippen molar-refractivity contribution >= 4 is 17.7 Å². The Labute approximate surface area is 131 Å². The van der Waals surface area contributed by atoms with E-state index in [1.54, 1.807) is 0 Å².